The van der Waals surface area contributed by atoms with E-state index in [9.17, 15) is 5.26 Å². The SMILES string of the molecule is N#CC[n+]1ccc(-c2cc[n+](Cc3cccc(C[N+]4(CC#N)C=CC(c5ccncc5)=CC4)c3)cc2)cc1. The molecule has 4 heterocycles. The van der Waals surface area contributed by atoms with Crippen LogP contribution in [0, 0.1) is 22.7 Å². The van der Waals surface area contributed by atoms with E-state index in [1.165, 1.54) is 16.7 Å². The third kappa shape index (κ3) is 5.90. The minimum atomic E-state index is 0.351. The molecule has 5 rings (SSSR count). The zero-order chi connectivity index (χ0) is 26.2. The predicted molar refractivity (Wildman–Crippen MR) is 144 cm³/mol. The molecule has 0 spiro atoms. The molecule has 0 bridgehead atoms. The quantitative estimate of drug-likeness (QED) is 0.207. The second kappa shape index (κ2) is 11.4. The van der Waals surface area contributed by atoms with Crippen molar-refractivity contribution in [2.45, 2.75) is 19.6 Å². The van der Waals surface area contributed by atoms with Crippen molar-refractivity contribution in [3.63, 3.8) is 0 Å². The Hall–Kier alpha value is -4.91. The van der Waals surface area contributed by atoms with E-state index in [2.05, 4.69) is 88.8 Å². The molecular formula is C32H29N6+3. The van der Waals surface area contributed by atoms with Crippen LogP contribution >= 0.6 is 0 Å². The summed E-state index contributed by atoms with van der Waals surface area (Å²) in [6, 6.07) is 25.5. The van der Waals surface area contributed by atoms with Crippen molar-refractivity contribution in [1.29, 1.82) is 10.5 Å². The number of benzene rings is 1. The fraction of sp³-hybridized carbons (Fsp3) is 0.156. The van der Waals surface area contributed by atoms with E-state index in [1.54, 1.807) is 12.4 Å². The average Bonchev–Trinajstić information content (AvgIpc) is 2.95. The highest BCUT2D eigenvalue weighted by atomic mass is 15.3. The summed E-state index contributed by atoms with van der Waals surface area (Å²) in [7, 11) is 0. The zero-order valence-corrected chi connectivity index (χ0v) is 21.2. The van der Waals surface area contributed by atoms with Crippen molar-refractivity contribution < 1.29 is 13.6 Å². The van der Waals surface area contributed by atoms with E-state index in [4.69, 9.17) is 5.26 Å². The van der Waals surface area contributed by atoms with Gasteiger partial charge in [-0.05, 0) is 52.6 Å². The lowest BCUT2D eigenvalue weighted by Crippen LogP contribution is -2.43. The number of rotatable bonds is 8. The number of hydrogen-bond donors (Lipinski definition) is 0. The molecule has 3 aromatic heterocycles. The number of quaternary nitrogens is 1. The van der Waals surface area contributed by atoms with Crippen molar-refractivity contribution in [2.24, 2.45) is 0 Å². The molecule has 184 valence electrons. The smallest absolute Gasteiger partial charge is 0.233 e. The van der Waals surface area contributed by atoms with E-state index in [0.29, 0.717) is 17.6 Å². The van der Waals surface area contributed by atoms with Gasteiger partial charge in [0.2, 0.25) is 6.54 Å². The van der Waals surface area contributed by atoms with Crippen LogP contribution in [0.1, 0.15) is 16.7 Å². The molecule has 1 aromatic carbocycles. The second-order valence-electron chi connectivity index (χ2n) is 9.58. The van der Waals surface area contributed by atoms with Gasteiger partial charge in [0.15, 0.2) is 37.9 Å². The number of aromatic nitrogens is 3. The van der Waals surface area contributed by atoms with Gasteiger partial charge in [-0.15, -0.1) is 0 Å². The highest BCUT2D eigenvalue weighted by molar-refractivity contribution is 5.74. The van der Waals surface area contributed by atoms with Crippen LogP contribution < -0.4 is 9.13 Å². The van der Waals surface area contributed by atoms with Gasteiger partial charge in [-0.3, -0.25) is 9.47 Å². The van der Waals surface area contributed by atoms with Crippen LogP contribution in [0.15, 0.2) is 116 Å². The standard InChI is InChI=1S/C32H29N6/c33-12-20-36-16-6-30(7-17-36)31-8-18-37(19-9-31)25-27-2-1-3-28(24-27)26-38(23-13-34)21-10-32(11-22-38)29-4-14-35-15-5-29/h1-11,14-19,21,24H,20,22-23,25-26H2/q+3. The number of nitrogens with zero attached hydrogens (tertiary/aromatic N) is 6. The van der Waals surface area contributed by atoms with Gasteiger partial charge < -0.3 is 0 Å². The van der Waals surface area contributed by atoms with Crippen molar-refractivity contribution in [3.8, 4) is 23.3 Å². The fourth-order valence-corrected chi connectivity index (χ4v) is 4.83. The normalized spacial score (nSPS) is 16.3. The van der Waals surface area contributed by atoms with Crippen LogP contribution in [0.4, 0.5) is 0 Å². The number of nitriles is 2. The average molecular weight is 498 g/mol. The Bertz CT molecular complexity index is 1540. The van der Waals surface area contributed by atoms with Crippen molar-refractivity contribution in [3.05, 3.63) is 133 Å². The molecule has 1 aliphatic heterocycles. The van der Waals surface area contributed by atoms with Crippen LogP contribution in [0.25, 0.3) is 16.7 Å². The Labute approximate surface area is 223 Å². The Morgan fingerprint density at radius 2 is 1.47 bits per heavy atom. The summed E-state index contributed by atoms with van der Waals surface area (Å²) < 4.78 is 4.62. The topological polar surface area (TPSA) is 68.2 Å². The molecule has 0 amide bonds. The number of pyridine rings is 3. The Balaban J connectivity index is 1.27. The summed E-state index contributed by atoms with van der Waals surface area (Å²) in [6.45, 7) is 3.09. The first-order chi connectivity index (χ1) is 18.7. The summed E-state index contributed by atoms with van der Waals surface area (Å²) in [5.41, 5.74) is 7.01. The van der Waals surface area contributed by atoms with Gasteiger partial charge in [-0.25, -0.2) is 4.57 Å². The van der Waals surface area contributed by atoms with Gasteiger partial charge in [0.05, 0.1) is 6.20 Å². The summed E-state index contributed by atoms with van der Waals surface area (Å²) in [4.78, 5) is 4.11. The first-order valence-electron chi connectivity index (χ1n) is 12.6. The van der Waals surface area contributed by atoms with E-state index >= 15 is 0 Å². The molecule has 6 heteroatoms. The maximum atomic E-state index is 9.59. The Kier molecular flexibility index (Phi) is 7.45. The van der Waals surface area contributed by atoms with Gasteiger partial charge in [-0.2, -0.15) is 15.1 Å². The number of hydrogen-bond acceptors (Lipinski definition) is 3. The van der Waals surface area contributed by atoms with Gasteiger partial charge in [0.1, 0.15) is 25.2 Å². The van der Waals surface area contributed by atoms with E-state index in [0.717, 1.165) is 36.3 Å². The Morgan fingerprint density at radius 1 is 0.789 bits per heavy atom. The molecule has 6 nitrogen and oxygen atoms in total. The lowest BCUT2D eigenvalue weighted by Gasteiger charge is -2.34. The van der Waals surface area contributed by atoms with Crippen molar-refractivity contribution in [2.75, 3.05) is 13.1 Å². The molecule has 0 N–H and O–H groups in total. The minimum Gasteiger partial charge on any atom is -0.278 e. The molecule has 4 aromatic rings. The molecule has 38 heavy (non-hydrogen) atoms. The molecule has 1 unspecified atom stereocenters. The molecule has 0 fully saturated rings. The van der Waals surface area contributed by atoms with Crippen LogP contribution in [0.3, 0.4) is 0 Å². The van der Waals surface area contributed by atoms with Crippen LogP contribution in [-0.2, 0) is 19.6 Å². The third-order valence-corrected chi connectivity index (χ3v) is 6.87. The predicted octanol–water partition coefficient (Wildman–Crippen LogP) is 4.35. The van der Waals surface area contributed by atoms with Crippen LogP contribution in [0.2, 0.25) is 0 Å². The lowest BCUT2D eigenvalue weighted by molar-refractivity contribution is -0.880. The fourth-order valence-electron chi connectivity index (χ4n) is 4.83. The molecule has 0 saturated carbocycles. The number of allylic oxidation sites excluding steroid dienone is 2. The maximum absolute atomic E-state index is 9.59. The summed E-state index contributed by atoms with van der Waals surface area (Å²) in [5, 5.41) is 18.4. The van der Waals surface area contributed by atoms with Gasteiger partial charge in [0.25, 0.3) is 0 Å². The molecule has 0 saturated heterocycles. The van der Waals surface area contributed by atoms with Crippen LogP contribution in [-0.4, -0.2) is 22.6 Å². The maximum Gasteiger partial charge on any atom is 0.233 e. The summed E-state index contributed by atoms with van der Waals surface area (Å²) >= 11 is 0. The molecule has 0 radical (unpaired) electrons. The van der Waals surface area contributed by atoms with Gasteiger partial charge in [-0.1, -0.05) is 18.2 Å². The second-order valence-corrected chi connectivity index (χ2v) is 9.58. The van der Waals surface area contributed by atoms with Gasteiger partial charge in [0, 0.05) is 47.8 Å². The largest absolute Gasteiger partial charge is 0.278 e. The minimum absolute atomic E-state index is 0.351. The molecule has 0 aliphatic carbocycles. The third-order valence-electron chi connectivity index (χ3n) is 6.87. The van der Waals surface area contributed by atoms with E-state index in [-0.39, 0.29) is 0 Å². The highest BCUT2D eigenvalue weighted by Gasteiger charge is 2.27. The molecular weight excluding hydrogens is 468 g/mol. The highest BCUT2D eigenvalue weighted by Crippen LogP contribution is 2.26. The first kappa shape index (κ1) is 24.8. The monoisotopic (exact) mass is 497 g/mol. The summed E-state index contributed by atoms with van der Waals surface area (Å²) in [5.74, 6) is 0. The molecule has 1 atom stereocenters. The van der Waals surface area contributed by atoms with E-state index < -0.39 is 0 Å². The summed E-state index contributed by atoms with van der Waals surface area (Å²) in [6.07, 6.45) is 18.2. The van der Waals surface area contributed by atoms with Crippen LogP contribution in [0.5, 0.6) is 0 Å². The van der Waals surface area contributed by atoms with E-state index in [1.807, 2.05) is 41.2 Å². The molecule has 1 aliphatic rings. The van der Waals surface area contributed by atoms with Crippen molar-refractivity contribution in [1.82, 2.24) is 4.98 Å². The zero-order valence-electron chi connectivity index (χ0n) is 21.2. The lowest BCUT2D eigenvalue weighted by atomic mass is 10.0. The van der Waals surface area contributed by atoms with Crippen molar-refractivity contribution >= 4 is 5.57 Å². The van der Waals surface area contributed by atoms with Gasteiger partial charge >= 0.3 is 0 Å². The first-order valence-corrected chi connectivity index (χ1v) is 12.6. The Morgan fingerprint density at radius 3 is 2.11 bits per heavy atom.